The summed E-state index contributed by atoms with van der Waals surface area (Å²) in [5.41, 5.74) is 3.41. The van der Waals surface area contributed by atoms with Crippen LogP contribution in [-0.4, -0.2) is 38.1 Å². The summed E-state index contributed by atoms with van der Waals surface area (Å²) in [6.45, 7) is 6.48. The van der Waals surface area contributed by atoms with Crippen LogP contribution < -0.4 is 14.8 Å². The van der Waals surface area contributed by atoms with E-state index in [9.17, 15) is 4.79 Å². The molecule has 5 heteroatoms. The molecule has 2 rings (SSSR count). The highest BCUT2D eigenvalue weighted by Gasteiger charge is 2.12. The Morgan fingerprint density at radius 2 is 1.81 bits per heavy atom. The van der Waals surface area contributed by atoms with Crippen LogP contribution in [0.1, 0.15) is 23.6 Å². The van der Waals surface area contributed by atoms with E-state index in [0.717, 1.165) is 17.7 Å². The van der Waals surface area contributed by atoms with Crippen LogP contribution in [0.15, 0.2) is 42.5 Å². The highest BCUT2D eigenvalue weighted by Crippen LogP contribution is 2.27. The van der Waals surface area contributed by atoms with Crippen molar-refractivity contribution in [2.45, 2.75) is 26.9 Å². The molecule has 1 amide bonds. The van der Waals surface area contributed by atoms with Gasteiger partial charge in [-0.2, -0.15) is 0 Å². The summed E-state index contributed by atoms with van der Waals surface area (Å²) in [7, 11) is 3.24. The molecule has 0 saturated carbocycles. The first-order valence-electron chi connectivity index (χ1n) is 8.81. The Morgan fingerprint density at radius 1 is 1.08 bits per heavy atom. The minimum atomic E-state index is 0.0237. The molecule has 0 radical (unpaired) electrons. The molecule has 5 nitrogen and oxygen atoms in total. The number of hydrogen-bond acceptors (Lipinski definition) is 4. The van der Waals surface area contributed by atoms with E-state index in [4.69, 9.17) is 9.47 Å². The highest BCUT2D eigenvalue weighted by atomic mass is 16.5. The number of aryl methyl sites for hydroxylation is 1. The molecule has 0 aliphatic rings. The Balaban J connectivity index is 1.92. The number of carbonyl (C=O) groups excluding carboxylic acids is 1. The summed E-state index contributed by atoms with van der Waals surface area (Å²) >= 11 is 0. The molecule has 2 aromatic carbocycles. The first-order chi connectivity index (χ1) is 12.6. The summed E-state index contributed by atoms with van der Waals surface area (Å²) in [6, 6.07) is 13.9. The number of carbonyl (C=O) groups is 1. The van der Waals surface area contributed by atoms with Gasteiger partial charge in [0.1, 0.15) is 0 Å². The van der Waals surface area contributed by atoms with Crippen LogP contribution >= 0.6 is 0 Å². The molecule has 0 aromatic heterocycles. The standard InChI is InChI=1S/C21H28N2O3/c1-5-23(14-17-10-11-19(25-3)20(12-17)26-4)15-21(24)22-13-18-9-7-6-8-16(18)2/h6-12H,5,13-15H2,1-4H3,(H,22,24). The van der Waals surface area contributed by atoms with Crippen molar-refractivity contribution >= 4 is 5.91 Å². The summed E-state index contributed by atoms with van der Waals surface area (Å²) in [5.74, 6) is 1.43. The number of methoxy groups -OCH3 is 2. The molecule has 0 unspecified atom stereocenters. The number of amides is 1. The van der Waals surface area contributed by atoms with E-state index in [0.29, 0.717) is 31.1 Å². The van der Waals surface area contributed by atoms with E-state index in [1.54, 1.807) is 14.2 Å². The number of nitrogens with zero attached hydrogens (tertiary/aromatic N) is 1. The first-order valence-corrected chi connectivity index (χ1v) is 8.81. The fourth-order valence-corrected chi connectivity index (χ4v) is 2.78. The van der Waals surface area contributed by atoms with Crippen molar-refractivity contribution in [1.29, 1.82) is 0 Å². The van der Waals surface area contributed by atoms with Gasteiger partial charge in [0.25, 0.3) is 0 Å². The topological polar surface area (TPSA) is 50.8 Å². The van der Waals surface area contributed by atoms with E-state index in [-0.39, 0.29) is 5.91 Å². The predicted molar refractivity (Wildman–Crippen MR) is 104 cm³/mol. The average molecular weight is 356 g/mol. The van der Waals surface area contributed by atoms with E-state index in [2.05, 4.69) is 30.1 Å². The third-order valence-electron chi connectivity index (χ3n) is 4.41. The van der Waals surface area contributed by atoms with Gasteiger partial charge in [-0.1, -0.05) is 37.3 Å². The molecular weight excluding hydrogens is 328 g/mol. The minimum Gasteiger partial charge on any atom is -0.493 e. The number of benzene rings is 2. The molecule has 0 saturated heterocycles. The first kappa shape index (κ1) is 19.8. The Kier molecular flexibility index (Phi) is 7.48. The number of nitrogens with one attached hydrogen (secondary N) is 1. The van der Waals surface area contributed by atoms with Crippen molar-refractivity contribution in [2.75, 3.05) is 27.3 Å². The molecule has 0 spiro atoms. The normalized spacial score (nSPS) is 10.7. The lowest BCUT2D eigenvalue weighted by atomic mass is 10.1. The van der Waals surface area contributed by atoms with E-state index < -0.39 is 0 Å². The average Bonchev–Trinajstić information content (AvgIpc) is 2.66. The van der Waals surface area contributed by atoms with Gasteiger partial charge in [-0.3, -0.25) is 9.69 Å². The van der Waals surface area contributed by atoms with E-state index in [1.165, 1.54) is 5.56 Å². The largest absolute Gasteiger partial charge is 0.493 e. The predicted octanol–water partition coefficient (Wildman–Crippen LogP) is 3.15. The van der Waals surface area contributed by atoms with E-state index in [1.807, 2.05) is 36.4 Å². The zero-order valence-electron chi connectivity index (χ0n) is 16.0. The van der Waals surface area contributed by atoms with Crippen LogP contribution in [-0.2, 0) is 17.9 Å². The molecule has 2 aromatic rings. The van der Waals surface area contributed by atoms with Crippen LogP contribution in [0.2, 0.25) is 0 Å². The van der Waals surface area contributed by atoms with Gasteiger partial charge in [0.05, 0.1) is 20.8 Å². The molecule has 1 N–H and O–H groups in total. The molecule has 0 aliphatic carbocycles. The van der Waals surface area contributed by atoms with Gasteiger partial charge in [-0.15, -0.1) is 0 Å². The summed E-state index contributed by atoms with van der Waals surface area (Å²) in [5, 5.41) is 3.01. The highest BCUT2D eigenvalue weighted by molar-refractivity contribution is 5.78. The van der Waals surface area contributed by atoms with Crippen molar-refractivity contribution < 1.29 is 14.3 Å². The molecule has 0 bridgehead atoms. The van der Waals surface area contributed by atoms with Crippen molar-refractivity contribution in [1.82, 2.24) is 10.2 Å². The van der Waals surface area contributed by atoms with Crippen molar-refractivity contribution in [3.05, 3.63) is 59.2 Å². The van der Waals surface area contributed by atoms with Crippen molar-refractivity contribution in [2.24, 2.45) is 0 Å². The zero-order valence-corrected chi connectivity index (χ0v) is 16.0. The van der Waals surface area contributed by atoms with Gasteiger partial charge in [0.15, 0.2) is 11.5 Å². The zero-order chi connectivity index (χ0) is 18.9. The van der Waals surface area contributed by atoms with Crippen LogP contribution in [0.25, 0.3) is 0 Å². The maximum absolute atomic E-state index is 12.3. The third kappa shape index (κ3) is 5.49. The lowest BCUT2D eigenvalue weighted by Crippen LogP contribution is -2.36. The molecule has 0 fully saturated rings. The molecule has 140 valence electrons. The Bertz CT molecular complexity index is 731. The van der Waals surface area contributed by atoms with Crippen LogP contribution in [0, 0.1) is 6.92 Å². The van der Waals surface area contributed by atoms with Gasteiger partial charge in [-0.25, -0.2) is 0 Å². The number of hydrogen-bond donors (Lipinski definition) is 1. The van der Waals surface area contributed by atoms with Gasteiger partial charge in [0, 0.05) is 13.1 Å². The second-order valence-corrected chi connectivity index (χ2v) is 6.20. The molecule has 26 heavy (non-hydrogen) atoms. The van der Waals surface area contributed by atoms with Crippen molar-refractivity contribution in [3.8, 4) is 11.5 Å². The second-order valence-electron chi connectivity index (χ2n) is 6.20. The Labute approximate surface area is 155 Å². The minimum absolute atomic E-state index is 0.0237. The number of likely N-dealkylation sites (N-methyl/N-ethyl adjacent to an activating group) is 1. The second kappa shape index (κ2) is 9.82. The maximum atomic E-state index is 12.3. The SMILES string of the molecule is CCN(CC(=O)NCc1ccccc1C)Cc1ccc(OC)c(OC)c1. The fourth-order valence-electron chi connectivity index (χ4n) is 2.78. The van der Waals surface area contributed by atoms with Gasteiger partial charge >= 0.3 is 0 Å². The maximum Gasteiger partial charge on any atom is 0.234 e. The lowest BCUT2D eigenvalue weighted by molar-refractivity contribution is -0.122. The summed E-state index contributed by atoms with van der Waals surface area (Å²) < 4.78 is 10.6. The summed E-state index contributed by atoms with van der Waals surface area (Å²) in [6.07, 6.45) is 0. The smallest absolute Gasteiger partial charge is 0.234 e. The summed E-state index contributed by atoms with van der Waals surface area (Å²) in [4.78, 5) is 14.4. The van der Waals surface area contributed by atoms with Gasteiger partial charge < -0.3 is 14.8 Å². The van der Waals surface area contributed by atoms with Crippen LogP contribution in [0.4, 0.5) is 0 Å². The monoisotopic (exact) mass is 356 g/mol. The van der Waals surface area contributed by atoms with Gasteiger partial charge in [-0.05, 0) is 42.3 Å². The number of ether oxygens (including phenoxy) is 2. The molecule has 0 heterocycles. The molecule has 0 atom stereocenters. The van der Waals surface area contributed by atoms with Crippen LogP contribution in [0.5, 0.6) is 11.5 Å². The van der Waals surface area contributed by atoms with Crippen molar-refractivity contribution in [3.63, 3.8) is 0 Å². The van der Waals surface area contributed by atoms with E-state index >= 15 is 0 Å². The molecule has 0 aliphatic heterocycles. The fraction of sp³-hybridized carbons (Fsp3) is 0.381. The Hall–Kier alpha value is -2.53. The third-order valence-corrected chi connectivity index (χ3v) is 4.41. The van der Waals surface area contributed by atoms with Crippen LogP contribution in [0.3, 0.4) is 0 Å². The lowest BCUT2D eigenvalue weighted by Gasteiger charge is -2.21. The molecular formula is C21H28N2O3. The Morgan fingerprint density at radius 3 is 2.46 bits per heavy atom. The number of rotatable bonds is 9. The quantitative estimate of drug-likeness (QED) is 0.750. The van der Waals surface area contributed by atoms with Gasteiger partial charge in [0.2, 0.25) is 5.91 Å².